The van der Waals surface area contributed by atoms with Crippen LogP contribution in [0, 0.1) is 0 Å². The van der Waals surface area contributed by atoms with Crippen LogP contribution in [0.2, 0.25) is 0 Å². The van der Waals surface area contributed by atoms with E-state index in [9.17, 15) is 26.3 Å². The lowest BCUT2D eigenvalue weighted by atomic mass is 9.90. The summed E-state index contributed by atoms with van der Waals surface area (Å²) >= 11 is 0. The van der Waals surface area contributed by atoms with Gasteiger partial charge in [0.05, 0.1) is 12.8 Å². The summed E-state index contributed by atoms with van der Waals surface area (Å²) in [7, 11) is 1.55. The average molecular weight is 464 g/mol. The second-order valence-electron chi connectivity index (χ2n) is 7.16. The van der Waals surface area contributed by atoms with E-state index in [-0.39, 0.29) is 30.3 Å². The monoisotopic (exact) mass is 464 g/mol. The Balaban J connectivity index is 1.78. The predicted molar refractivity (Wildman–Crippen MR) is 103 cm³/mol. The maximum atomic E-state index is 12.8. The topological polar surface area (TPSA) is 43.0 Å². The lowest BCUT2D eigenvalue weighted by Crippen LogP contribution is -2.57. The normalized spacial score (nSPS) is 19.5. The number of alkyl halides is 6. The SMILES string of the molecule is COCCNC1CC(c2ccc(OC(F)(F)F)cc2)N1Cc1ccccc1OC(F)(F)F. The molecule has 11 heteroatoms. The van der Waals surface area contributed by atoms with E-state index in [0.717, 1.165) is 5.56 Å². The molecule has 1 N–H and O–H groups in total. The highest BCUT2D eigenvalue weighted by atomic mass is 19.4. The predicted octanol–water partition coefficient (Wildman–Crippen LogP) is 4.99. The Morgan fingerprint density at radius 3 is 2.22 bits per heavy atom. The zero-order valence-electron chi connectivity index (χ0n) is 17.0. The van der Waals surface area contributed by atoms with Crippen LogP contribution < -0.4 is 14.8 Å². The van der Waals surface area contributed by atoms with E-state index in [0.29, 0.717) is 25.1 Å². The van der Waals surface area contributed by atoms with Crippen molar-refractivity contribution in [1.29, 1.82) is 0 Å². The van der Waals surface area contributed by atoms with Crippen molar-refractivity contribution in [1.82, 2.24) is 10.2 Å². The Labute approximate surface area is 180 Å². The van der Waals surface area contributed by atoms with E-state index in [4.69, 9.17) is 4.74 Å². The number of likely N-dealkylation sites (tertiary alicyclic amines) is 1. The van der Waals surface area contributed by atoms with Gasteiger partial charge in [0, 0.05) is 31.8 Å². The fourth-order valence-corrected chi connectivity index (χ4v) is 3.58. The molecule has 0 aliphatic carbocycles. The highest BCUT2D eigenvalue weighted by molar-refractivity contribution is 5.35. The van der Waals surface area contributed by atoms with Crippen LogP contribution in [0.5, 0.6) is 11.5 Å². The summed E-state index contributed by atoms with van der Waals surface area (Å²) in [5.74, 6) is -0.638. The van der Waals surface area contributed by atoms with Crippen LogP contribution in [0.15, 0.2) is 48.5 Å². The van der Waals surface area contributed by atoms with Crippen molar-refractivity contribution >= 4 is 0 Å². The average Bonchev–Trinajstić information content (AvgIpc) is 2.68. The van der Waals surface area contributed by atoms with E-state index in [1.54, 1.807) is 19.2 Å². The summed E-state index contributed by atoms with van der Waals surface area (Å²) in [5.41, 5.74) is 1.06. The Kier molecular flexibility index (Phi) is 7.52. The molecular weight excluding hydrogens is 442 g/mol. The van der Waals surface area contributed by atoms with E-state index < -0.39 is 12.7 Å². The first-order valence-electron chi connectivity index (χ1n) is 9.73. The molecule has 0 aromatic heterocycles. The Morgan fingerprint density at radius 1 is 0.938 bits per heavy atom. The molecule has 32 heavy (non-hydrogen) atoms. The van der Waals surface area contributed by atoms with Crippen LogP contribution >= 0.6 is 0 Å². The minimum absolute atomic E-state index is 0.141. The second-order valence-corrected chi connectivity index (χ2v) is 7.16. The summed E-state index contributed by atoms with van der Waals surface area (Å²) < 4.78 is 88.6. The fourth-order valence-electron chi connectivity index (χ4n) is 3.58. The maximum absolute atomic E-state index is 12.8. The van der Waals surface area contributed by atoms with E-state index in [2.05, 4.69) is 14.8 Å². The van der Waals surface area contributed by atoms with Gasteiger partial charge in [-0.05, 0) is 30.2 Å². The third kappa shape index (κ3) is 6.75. The van der Waals surface area contributed by atoms with Crippen molar-refractivity contribution < 1.29 is 40.6 Å². The number of hydrogen-bond donors (Lipinski definition) is 1. The van der Waals surface area contributed by atoms with Gasteiger partial charge in [0.25, 0.3) is 0 Å². The Morgan fingerprint density at radius 2 is 1.59 bits per heavy atom. The van der Waals surface area contributed by atoms with Gasteiger partial charge in [0.2, 0.25) is 0 Å². The van der Waals surface area contributed by atoms with Gasteiger partial charge < -0.3 is 14.2 Å². The zero-order chi connectivity index (χ0) is 23.4. The Bertz CT molecular complexity index is 873. The standard InChI is InChI=1S/C21H22F6N2O3/c1-30-11-10-28-19-12-17(14-6-8-16(9-7-14)31-20(22,23)24)29(19)13-15-4-2-3-5-18(15)32-21(25,26)27/h2-9,17,19,28H,10-13H2,1H3. The first-order chi connectivity index (χ1) is 15.1. The molecule has 2 aromatic rings. The number of hydrogen-bond acceptors (Lipinski definition) is 5. The second kappa shape index (κ2) is 9.97. The molecule has 1 aliphatic heterocycles. The molecule has 176 valence electrons. The van der Waals surface area contributed by atoms with Gasteiger partial charge in [-0.25, -0.2) is 0 Å². The van der Waals surface area contributed by atoms with Gasteiger partial charge >= 0.3 is 12.7 Å². The fraction of sp³-hybridized carbons (Fsp3) is 0.429. The van der Waals surface area contributed by atoms with Crippen molar-refractivity contribution in [2.45, 2.75) is 37.9 Å². The quantitative estimate of drug-likeness (QED) is 0.418. The smallest absolute Gasteiger partial charge is 0.406 e. The number of para-hydroxylation sites is 1. The molecule has 2 unspecified atom stereocenters. The molecule has 2 aromatic carbocycles. The first kappa shape index (κ1) is 24.1. The molecule has 1 heterocycles. The van der Waals surface area contributed by atoms with Crippen molar-refractivity contribution in [3.63, 3.8) is 0 Å². The number of nitrogens with one attached hydrogen (secondary N) is 1. The maximum Gasteiger partial charge on any atom is 0.573 e. The summed E-state index contributed by atoms with van der Waals surface area (Å²) in [6.07, 6.45) is -9.15. The van der Waals surface area contributed by atoms with Crippen LogP contribution in [0.1, 0.15) is 23.6 Å². The molecule has 2 atom stereocenters. The van der Waals surface area contributed by atoms with Crippen LogP contribution in [-0.2, 0) is 11.3 Å². The van der Waals surface area contributed by atoms with Crippen LogP contribution in [0.25, 0.3) is 0 Å². The molecule has 1 aliphatic rings. The Hall–Kier alpha value is -2.50. The van der Waals surface area contributed by atoms with Crippen molar-refractivity contribution in [3.8, 4) is 11.5 Å². The molecule has 0 amide bonds. The summed E-state index contributed by atoms with van der Waals surface area (Å²) in [6.45, 7) is 1.12. The largest absolute Gasteiger partial charge is 0.573 e. The number of benzene rings is 2. The van der Waals surface area contributed by atoms with Crippen LogP contribution in [-0.4, -0.2) is 44.1 Å². The van der Waals surface area contributed by atoms with Crippen molar-refractivity contribution in [2.24, 2.45) is 0 Å². The van der Waals surface area contributed by atoms with Gasteiger partial charge in [-0.15, -0.1) is 26.3 Å². The number of halogens is 6. The molecule has 3 rings (SSSR count). The number of rotatable bonds is 9. The van der Waals surface area contributed by atoms with Crippen molar-refractivity contribution in [2.75, 3.05) is 20.3 Å². The highest BCUT2D eigenvalue weighted by Crippen LogP contribution is 2.41. The summed E-state index contributed by atoms with van der Waals surface area (Å²) in [4.78, 5) is 1.92. The molecule has 0 saturated carbocycles. The van der Waals surface area contributed by atoms with Gasteiger partial charge in [0.1, 0.15) is 11.5 Å². The van der Waals surface area contributed by atoms with E-state index >= 15 is 0 Å². The zero-order valence-corrected chi connectivity index (χ0v) is 17.0. The number of methoxy groups -OCH3 is 1. The van der Waals surface area contributed by atoms with Crippen molar-refractivity contribution in [3.05, 3.63) is 59.7 Å². The minimum atomic E-state index is -4.82. The van der Waals surface area contributed by atoms with Gasteiger partial charge in [-0.2, -0.15) is 0 Å². The van der Waals surface area contributed by atoms with E-state index in [1.807, 2.05) is 4.90 Å². The third-order valence-corrected chi connectivity index (χ3v) is 4.98. The number of ether oxygens (including phenoxy) is 3. The third-order valence-electron chi connectivity index (χ3n) is 4.98. The minimum Gasteiger partial charge on any atom is -0.406 e. The van der Waals surface area contributed by atoms with Gasteiger partial charge in [-0.1, -0.05) is 30.3 Å². The van der Waals surface area contributed by atoms with E-state index in [1.165, 1.54) is 36.4 Å². The molecule has 0 bridgehead atoms. The number of nitrogens with zero attached hydrogens (tertiary/aromatic N) is 1. The summed E-state index contributed by atoms with van der Waals surface area (Å²) in [5, 5.41) is 3.26. The lowest BCUT2D eigenvalue weighted by Gasteiger charge is -2.49. The molecule has 0 radical (unpaired) electrons. The van der Waals surface area contributed by atoms with Gasteiger partial charge in [0.15, 0.2) is 0 Å². The molecule has 5 nitrogen and oxygen atoms in total. The van der Waals surface area contributed by atoms with Crippen LogP contribution in [0.3, 0.4) is 0 Å². The van der Waals surface area contributed by atoms with Crippen LogP contribution in [0.4, 0.5) is 26.3 Å². The highest BCUT2D eigenvalue weighted by Gasteiger charge is 2.40. The van der Waals surface area contributed by atoms with Gasteiger partial charge in [-0.3, -0.25) is 10.2 Å². The summed E-state index contributed by atoms with van der Waals surface area (Å²) in [6, 6.07) is 11.1. The first-order valence-corrected chi connectivity index (χ1v) is 9.73. The molecule has 1 saturated heterocycles. The molecule has 0 spiro atoms. The lowest BCUT2D eigenvalue weighted by molar-refractivity contribution is -0.275. The molecular formula is C21H22F6N2O3. The molecule has 1 fully saturated rings.